The summed E-state index contributed by atoms with van der Waals surface area (Å²) in [5, 5.41) is 0. The van der Waals surface area contributed by atoms with Crippen LogP contribution in [-0.2, 0) is 0 Å². The Bertz CT molecular complexity index is 110. The summed E-state index contributed by atoms with van der Waals surface area (Å²) in [6.07, 6.45) is 2.85. The molecule has 0 radical (unpaired) electrons. The highest BCUT2D eigenvalue weighted by atomic mass is 15.2. The maximum Gasteiger partial charge on any atom is 0.0272 e. The van der Waals surface area contributed by atoms with Gasteiger partial charge in [0, 0.05) is 6.04 Å². The lowest BCUT2D eigenvalue weighted by molar-refractivity contribution is 0.302. The molecule has 0 aromatic rings. The van der Waals surface area contributed by atoms with Crippen LogP contribution >= 0.6 is 0 Å². The van der Waals surface area contributed by atoms with Crippen molar-refractivity contribution in [2.24, 2.45) is 17.7 Å². The molecule has 0 bridgehead atoms. The monoisotopic (exact) mass is 156 g/mol. The number of rotatable bonds is 5. The molecule has 0 fully saturated rings. The van der Waals surface area contributed by atoms with Gasteiger partial charge in [-0.15, -0.1) is 6.58 Å². The van der Waals surface area contributed by atoms with Gasteiger partial charge < -0.3 is 0 Å². The number of nitrogens with one attached hydrogen (secondary N) is 1. The second-order valence-electron chi connectivity index (χ2n) is 3.40. The smallest absolute Gasteiger partial charge is 0.0272 e. The molecule has 0 aliphatic carbocycles. The number of hydrogen-bond acceptors (Lipinski definition) is 2. The lowest BCUT2D eigenvalue weighted by Crippen LogP contribution is -2.41. The summed E-state index contributed by atoms with van der Waals surface area (Å²) in [6, 6.07) is 0.368. The van der Waals surface area contributed by atoms with Gasteiger partial charge in [-0.05, 0) is 18.3 Å². The zero-order valence-electron chi connectivity index (χ0n) is 7.80. The first kappa shape index (κ1) is 10.7. The molecule has 0 aromatic heterocycles. The van der Waals surface area contributed by atoms with Gasteiger partial charge in [-0.3, -0.25) is 11.3 Å². The Hall–Kier alpha value is -0.340. The van der Waals surface area contributed by atoms with E-state index < -0.39 is 0 Å². The van der Waals surface area contributed by atoms with Gasteiger partial charge in [-0.1, -0.05) is 26.8 Å². The summed E-state index contributed by atoms with van der Waals surface area (Å²) < 4.78 is 0. The van der Waals surface area contributed by atoms with E-state index in [9.17, 15) is 0 Å². The average molecular weight is 156 g/mol. The fraction of sp³-hybridized carbons (Fsp3) is 0.778. The maximum atomic E-state index is 5.40. The second-order valence-corrected chi connectivity index (χ2v) is 3.40. The van der Waals surface area contributed by atoms with Crippen LogP contribution in [0.3, 0.4) is 0 Å². The van der Waals surface area contributed by atoms with Crippen LogP contribution in [0.1, 0.15) is 27.2 Å². The molecule has 0 spiro atoms. The molecule has 66 valence electrons. The molecule has 2 heteroatoms. The molecular formula is C9H20N2. The van der Waals surface area contributed by atoms with Crippen LogP contribution < -0.4 is 11.3 Å². The molecule has 0 aliphatic rings. The van der Waals surface area contributed by atoms with Gasteiger partial charge in [0.1, 0.15) is 0 Å². The highest BCUT2D eigenvalue weighted by Crippen LogP contribution is 2.16. The van der Waals surface area contributed by atoms with Gasteiger partial charge in [0.2, 0.25) is 0 Å². The molecular weight excluding hydrogens is 136 g/mol. The highest BCUT2D eigenvalue weighted by molar-refractivity contribution is 4.81. The van der Waals surface area contributed by atoms with E-state index in [1.165, 1.54) is 0 Å². The van der Waals surface area contributed by atoms with Crippen molar-refractivity contribution in [3.63, 3.8) is 0 Å². The van der Waals surface area contributed by atoms with Crippen molar-refractivity contribution in [2.75, 3.05) is 0 Å². The molecule has 0 heterocycles. The first-order valence-electron chi connectivity index (χ1n) is 4.20. The van der Waals surface area contributed by atoms with E-state index in [0.29, 0.717) is 17.9 Å². The van der Waals surface area contributed by atoms with E-state index in [1.807, 2.05) is 6.08 Å². The molecule has 0 saturated carbocycles. The molecule has 2 unspecified atom stereocenters. The maximum absolute atomic E-state index is 5.40. The van der Waals surface area contributed by atoms with Crippen LogP contribution in [0, 0.1) is 11.8 Å². The molecule has 0 saturated heterocycles. The van der Waals surface area contributed by atoms with Crippen molar-refractivity contribution >= 4 is 0 Å². The van der Waals surface area contributed by atoms with Crippen LogP contribution in [0.2, 0.25) is 0 Å². The van der Waals surface area contributed by atoms with Gasteiger partial charge in [0.05, 0.1) is 0 Å². The normalized spacial score (nSPS) is 16.5. The van der Waals surface area contributed by atoms with Gasteiger partial charge in [0.25, 0.3) is 0 Å². The summed E-state index contributed by atoms with van der Waals surface area (Å²) in [6.45, 7) is 10.3. The topological polar surface area (TPSA) is 38.0 Å². The van der Waals surface area contributed by atoms with E-state index in [2.05, 4.69) is 32.8 Å². The van der Waals surface area contributed by atoms with Crippen molar-refractivity contribution in [3.8, 4) is 0 Å². The highest BCUT2D eigenvalue weighted by Gasteiger charge is 2.16. The zero-order chi connectivity index (χ0) is 8.85. The molecule has 0 amide bonds. The lowest BCUT2D eigenvalue weighted by Gasteiger charge is -2.24. The molecule has 2 nitrogen and oxygen atoms in total. The van der Waals surface area contributed by atoms with Crippen molar-refractivity contribution in [3.05, 3.63) is 12.7 Å². The quantitative estimate of drug-likeness (QED) is 0.361. The van der Waals surface area contributed by atoms with E-state index in [1.54, 1.807) is 0 Å². The van der Waals surface area contributed by atoms with E-state index in [0.717, 1.165) is 6.42 Å². The number of hydrogen-bond donors (Lipinski definition) is 2. The Labute approximate surface area is 69.8 Å². The average Bonchev–Trinajstić information content (AvgIpc) is 1.98. The third-order valence-corrected chi connectivity index (χ3v) is 2.32. The predicted molar refractivity (Wildman–Crippen MR) is 49.9 cm³/mol. The second kappa shape index (κ2) is 5.33. The van der Waals surface area contributed by atoms with Crippen molar-refractivity contribution in [2.45, 2.75) is 33.2 Å². The SMILES string of the molecule is C=CCC(NN)C(C)C(C)C. The summed E-state index contributed by atoms with van der Waals surface area (Å²) in [7, 11) is 0. The van der Waals surface area contributed by atoms with Gasteiger partial charge in [0.15, 0.2) is 0 Å². The standard InChI is InChI=1S/C9H20N2/c1-5-6-9(11-10)8(4)7(2)3/h5,7-9,11H,1,6,10H2,2-4H3. The molecule has 0 aromatic carbocycles. The summed E-state index contributed by atoms with van der Waals surface area (Å²) >= 11 is 0. The van der Waals surface area contributed by atoms with Crippen LogP contribution in [-0.4, -0.2) is 6.04 Å². The van der Waals surface area contributed by atoms with Gasteiger partial charge in [-0.2, -0.15) is 0 Å². The third kappa shape index (κ3) is 3.54. The Morgan fingerprint density at radius 3 is 2.27 bits per heavy atom. The van der Waals surface area contributed by atoms with E-state index in [-0.39, 0.29) is 0 Å². The summed E-state index contributed by atoms with van der Waals surface area (Å²) in [4.78, 5) is 0. The molecule has 3 N–H and O–H groups in total. The van der Waals surface area contributed by atoms with Crippen LogP contribution in [0.5, 0.6) is 0 Å². The third-order valence-electron chi connectivity index (χ3n) is 2.32. The van der Waals surface area contributed by atoms with Crippen LogP contribution in [0.25, 0.3) is 0 Å². The number of hydrazine groups is 1. The minimum Gasteiger partial charge on any atom is -0.271 e. The Morgan fingerprint density at radius 2 is 2.00 bits per heavy atom. The summed E-state index contributed by atoms with van der Waals surface area (Å²) in [5.41, 5.74) is 2.81. The number of nitrogens with two attached hydrogens (primary N) is 1. The molecule has 2 atom stereocenters. The van der Waals surface area contributed by atoms with Crippen LogP contribution in [0.15, 0.2) is 12.7 Å². The lowest BCUT2D eigenvalue weighted by atomic mass is 9.89. The minimum atomic E-state index is 0.368. The minimum absolute atomic E-state index is 0.368. The predicted octanol–water partition coefficient (Wildman–Crippen LogP) is 1.69. The first-order valence-corrected chi connectivity index (χ1v) is 4.20. The zero-order valence-corrected chi connectivity index (χ0v) is 7.80. The Balaban J connectivity index is 3.90. The Morgan fingerprint density at radius 1 is 1.45 bits per heavy atom. The van der Waals surface area contributed by atoms with Gasteiger partial charge >= 0.3 is 0 Å². The van der Waals surface area contributed by atoms with Crippen molar-refractivity contribution in [1.29, 1.82) is 0 Å². The molecule has 11 heavy (non-hydrogen) atoms. The molecule has 0 rings (SSSR count). The largest absolute Gasteiger partial charge is 0.271 e. The van der Waals surface area contributed by atoms with E-state index in [4.69, 9.17) is 5.84 Å². The Kier molecular flexibility index (Phi) is 5.16. The van der Waals surface area contributed by atoms with Gasteiger partial charge in [-0.25, -0.2) is 0 Å². The fourth-order valence-corrected chi connectivity index (χ4v) is 1.08. The van der Waals surface area contributed by atoms with Crippen molar-refractivity contribution < 1.29 is 0 Å². The fourth-order valence-electron chi connectivity index (χ4n) is 1.08. The van der Waals surface area contributed by atoms with E-state index >= 15 is 0 Å². The van der Waals surface area contributed by atoms with Crippen molar-refractivity contribution in [1.82, 2.24) is 5.43 Å². The van der Waals surface area contributed by atoms with Crippen LogP contribution in [0.4, 0.5) is 0 Å². The first-order chi connectivity index (χ1) is 5.13. The summed E-state index contributed by atoms with van der Waals surface area (Å²) in [5.74, 6) is 6.66. The molecule has 0 aliphatic heterocycles.